The van der Waals surface area contributed by atoms with E-state index in [1.54, 1.807) is 6.92 Å². The number of carbonyl (C=O) groups excluding carboxylic acids is 2. The van der Waals surface area contributed by atoms with Gasteiger partial charge in [0.2, 0.25) is 6.54 Å². The van der Waals surface area contributed by atoms with Crippen molar-refractivity contribution >= 4 is 34.3 Å². The van der Waals surface area contributed by atoms with Gasteiger partial charge in [0, 0.05) is 28.6 Å². The van der Waals surface area contributed by atoms with Gasteiger partial charge >= 0.3 is 5.97 Å². The summed E-state index contributed by atoms with van der Waals surface area (Å²) in [6.45, 7) is 3.25. The number of hydrogen-bond donors (Lipinski definition) is 0. The summed E-state index contributed by atoms with van der Waals surface area (Å²) in [6.07, 6.45) is 0.0968. The van der Waals surface area contributed by atoms with Crippen molar-refractivity contribution in [3.8, 4) is 0 Å². The van der Waals surface area contributed by atoms with Gasteiger partial charge in [-0.25, -0.2) is 4.98 Å². The molecule has 0 spiro atoms. The highest BCUT2D eigenvalue weighted by Gasteiger charge is 2.44. The zero-order valence-electron chi connectivity index (χ0n) is 15.7. The minimum absolute atomic E-state index is 0.111. The molecule has 0 bridgehead atoms. The van der Waals surface area contributed by atoms with E-state index in [0.29, 0.717) is 10.7 Å². The summed E-state index contributed by atoms with van der Waals surface area (Å²) in [6, 6.07) is 7.53. The summed E-state index contributed by atoms with van der Waals surface area (Å²) in [5.41, 5.74) is 2.05. The van der Waals surface area contributed by atoms with Crippen LogP contribution in [0.4, 0.5) is 0 Å². The Balaban J connectivity index is 1.69. The number of pyridine rings is 1. The molecule has 7 nitrogen and oxygen atoms in total. The topological polar surface area (TPSA) is 99.4 Å². The zero-order chi connectivity index (χ0) is 20.4. The molecule has 0 aliphatic heterocycles. The number of aryl methyl sites for hydroxylation is 1. The maximum Gasteiger partial charge on any atom is 0.306 e. The van der Waals surface area contributed by atoms with E-state index in [0.717, 1.165) is 16.5 Å². The lowest BCUT2D eigenvalue weighted by Gasteiger charge is -2.17. The maximum atomic E-state index is 12.3. The van der Waals surface area contributed by atoms with Crippen molar-refractivity contribution in [2.75, 3.05) is 6.54 Å². The van der Waals surface area contributed by atoms with Crippen molar-refractivity contribution in [1.82, 2.24) is 4.98 Å². The predicted octanol–water partition coefficient (Wildman–Crippen LogP) is 3.75. The molecule has 0 unspecified atom stereocenters. The summed E-state index contributed by atoms with van der Waals surface area (Å²) < 4.78 is 5.30. The number of nitrogens with zero attached hydrogens (tertiary/aromatic N) is 2. The van der Waals surface area contributed by atoms with Gasteiger partial charge in [-0.05, 0) is 24.5 Å². The molecule has 148 valence electrons. The fraction of sp³-hybridized carbons (Fsp3) is 0.450. The number of ether oxygens (including phenoxy) is 1. The van der Waals surface area contributed by atoms with E-state index in [-0.39, 0.29) is 37.7 Å². The average molecular weight is 405 g/mol. The first kappa shape index (κ1) is 20.2. The van der Waals surface area contributed by atoms with Crippen LogP contribution in [-0.4, -0.2) is 28.2 Å². The molecule has 0 radical (unpaired) electrons. The van der Waals surface area contributed by atoms with Crippen LogP contribution in [0, 0.1) is 34.8 Å². The fourth-order valence-electron chi connectivity index (χ4n) is 3.90. The Morgan fingerprint density at radius 3 is 2.82 bits per heavy atom. The molecule has 1 aromatic carbocycles. The minimum Gasteiger partial charge on any atom is -0.459 e. The molecule has 0 saturated heterocycles. The Morgan fingerprint density at radius 1 is 1.39 bits per heavy atom. The summed E-state index contributed by atoms with van der Waals surface area (Å²) in [5, 5.41) is 12.2. The first-order valence-electron chi connectivity index (χ1n) is 9.11. The van der Waals surface area contributed by atoms with E-state index in [1.165, 1.54) is 0 Å². The second-order valence-electron chi connectivity index (χ2n) is 7.31. The minimum atomic E-state index is -0.672. The number of rotatable bonds is 6. The molecule has 0 N–H and O–H groups in total. The Kier molecular flexibility index (Phi) is 5.93. The Labute approximate surface area is 167 Å². The average Bonchev–Trinajstić information content (AvgIpc) is 2.90. The van der Waals surface area contributed by atoms with Gasteiger partial charge in [0.1, 0.15) is 12.4 Å². The number of para-hydroxylation sites is 1. The molecule has 2 aromatic rings. The Morgan fingerprint density at radius 2 is 2.11 bits per heavy atom. The van der Waals surface area contributed by atoms with Crippen LogP contribution in [0.3, 0.4) is 0 Å². The van der Waals surface area contributed by atoms with Crippen LogP contribution in [0.15, 0.2) is 24.3 Å². The van der Waals surface area contributed by atoms with Crippen LogP contribution >= 0.6 is 11.6 Å². The van der Waals surface area contributed by atoms with Crippen molar-refractivity contribution in [1.29, 1.82) is 0 Å². The molecule has 1 aliphatic rings. The van der Waals surface area contributed by atoms with Crippen molar-refractivity contribution in [2.45, 2.75) is 33.3 Å². The SMILES string of the molecule is Cc1c(Cl)c(COC(=O)C[C@H]2C(=O)C[C@@H](C)[C@H]2C[N+](=O)[O-])nc2ccccc12. The van der Waals surface area contributed by atoms with Crippen LogP contribution in [0.5, 0.6) is 0 Å². The van der Waals surface area contributed by atoms with Gasteiger partial charge in [-0.1, -0.05) is 36.7 Å². The number of ketones is 1. The third-order valence-electron chi connectivity index (χ3n) is 5.45. The second-order valence-corrected chi connectivity index (χ2v) is 7.69. The van der Waals surface area contributed by atoms with E-state index in [1.807, 2.05) is 31.2 Å². The molecule has 28 heavy (non-hydrogen) atoms. The van der Waals surface area contributed by atoms with E-state index in [9.17, 15) is 19.7 Å². The molecule has 3 atom stereocenters. The van der Waals surface area contributed by atoms with E-state index in [2.05, 4.69) is 4.98 Å². The largest absolute Gasteiger partial charge is 0.459 e. The molecule has 8 heteroatoms. The van der Waals surface area contributed by atoms with Crippen molar-refractivity contribution in [2.24, 2.45) is 17.8 Å². The van der Waals surface area contributed by atoms with Gasteiger partial charge in [-0.15, -0.1) is 0 Å². The van der Waals surface area contributed by atoms with Crippen LogP contribution in [0.1, 0.15) is 31.0 Å². The number of hydrogen-bond acceptors (Lipinski definition) is 6. The summed E-state index contributed by atoms with van der Waals surface area (Å²) in [7, 11) is 0. The van der Waals surface area contributed by atoms with Gasteiger partial charge in [-0.2, -0.15) is 0 Å². The Bertz CT molecular complexity index is 946. The number of nitro groups is 1. The monoisotopic (exact) mass is 404 g/mol. The van der Waals surface area contributed by atoms with Gasteiger partial charge in [0.15, 0.2) is 0 Å². The number of aromatic nitrogens is 1. The molecule has 1 aromatic heterocycles. The molecule has 1 fully saturated rings. The molecule has 1 saturated carbocycles. The zero-order valence-corrected chi connectivity index (χ0v) is 16.4. The molecular formula is C20H21ClN2O5. The summed E-state index contributed by atoms with van der Waals surface area (Å²) >= 11 is 6.37. The normalized spacial score (nSPS) is 21.8. The highest BCUT2D eigenvalue weighted by Crippen LogP contribution is 2.36. The fourth-order valence-corrected chi connectivity index (χ4v) is 4.10. The van der Waals surface area contributed by atoms with Crippen LogP contribution in [-0.2, 0) is 20.9 Å². The molecule has 0 amide bonds. The van der Waals surface area contributed by atoms with Crippen LogP contribution in [0.25, 0.3) is 10.9 Å². The molecule has 1 heterocycles. The maximum absolute atomic E-state index is 12.3. The van der Waals surface area contributed by atoms with Gasteiger partial charge in [-0.3, -0.25) is 19.7 Å². The summed E-state index contributed by atoms with van der Waals surface area (Å²) in [5.74, 6) is -1.93. The van der Waals surface area contributed by atoms with Crippen molar-refractivity contribution in [3.63, 3.8) is 0 Å². The van der Waals surface area contributed by atoms with Crippen molar-refractivity contribution in [3.05, 3.63) is 50.7 Å². The second kappa shape index (κ2) is 8.22. The van der Waals surface area contributed by atoms with E-state index < -0.39 is 22.7 Å². The van der Waals surface area contributed by atoms with Crippen molar-refractivity contribution < 1.29 is 19.2 Å². The van der Waals surface area contributed by atoms with Gasteiger partial charge in [0.05, 0.1) is 22.7 Å². The molecule has 1 aliphatic carbocycles. The molecular weight excluding hydrogens is 384 g/mol. The lowest BCUT2D eigenvalue weighted by molar-refractivity contribution is -0.490. The number of esters is 1. The lowest BCUT2D eigenvalue weighted by Crippen LogP contribution is -2.27. The number of fused-ring (bicyclic) bond motifs is 1. The highest BCUT2D eigenvalue weighted by molar-refractivity contribution is 6.32. The third kappa shape index (κ3) is 4.14. The van der Waals surface area contributed by atoms with Gasteiger partial charge in [0.25, 0.3) is 0 Å². The standard InChI is InChI=1S/C20H21ClN2O5/c1-11-7-18(24)14(15(11)9-23(26)27)8-19(25)28-10-17-20(21)12(2)13-5-3-4-6-16(13)22-17/h3-6,11,14-15H,7-10H2,1-2H3/t11-,14-,15-/m1/s1. The lowest BCUT2D eigenvalue weighted by atomic mass is 9.88. The smallest absolute Gasteiger partial charge is 0.306 e. The number of benzene rings is 1. The van der Waals surface area contributed by atoms with E-state index in [4.69, 9.17) is 16.3 Å². The quantitative estimate of drug-likeness (QED) is 0.413. The predicted molar refractivity (Wildman–Crippen MR) is 104 cm³/mol. The number of carbonyl (C=O) groups is 2. The van der Waals surface area contributed by atoms with E-state index >= 15 is 0 Å². The van der Waals surface area contributed by atoms with Crippen LogP contribution < -0.4 is 0 Å². The first-order chi connectivity index (χ1) is 13.3. The van der Waals surface area contributed by atoms with Gasteiger partial charge < -0.3 is 4.74 Å². The molecule has 3 rings (SSSR count). The first-order valence-corrected chi connectivity index (χ1v) is 9.49. The third-order valence-corrected chi connectivity index (χ3v) is 5.95. The summed E-state index contributed by atoms with van der Waals surface area (Å²) in [4.78, 5) is 39.4. The number of halogens is 1. The van der Waals surface area contributed by atoms with Crippen LogP contribution in [0.2, 0.25) is 5.02 Å². The Hall–Kier alpha value is -2.54. The number of Topliss-reactive ketones (excluding diaryl/α,β-unsaturated/α-hetero) is 1. The highest BCUT2D eigenvalue weighted by atomic mass is 35.5.